The third kappa shape index (κ3) is 5.41. The number of benzene rings is 2. The first-order chi connectivity index (χ1) is 11.2. The van der Waals surface area contributed by atoms with Crippen molar-refractivity contribution in [1.29, 1.82) is 0 Å². The highest BCUT2D eigenvalue weighted by Crippen LogP contribution is 2.22. The van der Waals surface area contributed by atoms with Crippen LogP contribution in [0.5, 0.6) is 0 Å². The molecule has 1 aliphatic heterocycles. The maximum absolute atomic E-state index is 6.94. The predicted molar refractivity (Wildman–Crippen MR) is 96.1 cm³/mol. The number of rotatable bonds is 1. The molecule has 116 valence electrons. The van der Waals surface area contributed by atoms with Gasteiger partial charge in [-0.25, -0.2) is 9.69 Å². The molecule has 2 aromatic rings. The normalized spacial score (nSPS) is 13.3. The van der Waals surface area contributed by atoms with Crippen LogP contribution in [0.2, 0.25) is 0 Å². The Hall–Kier alpha value is -2.34. The van der Waals surface area contributed by atoms with E-state index in [2.05, 4.69) is 30.5 Å². The summed E-state index contributed by atoms with van der Waals surface area (Å²) in [6, 6.07) is 15.0. The second-order valence-electron chi connectivity index (χ2n) is 4.82. The van der Waals surface area contributed by atoms with Gasteiger partial charge in [-0.1, -0.05) is 46.3 Å². The summed E-state index contributed by atoms with van der Waals surface area (Å²) in [7, 11) is 0. The fourth-order valence-corrected chi connectivity index (χ4v) is 2.51. The van der Waals surface area contributed by atoms with E-state index in [0.29, 0.717) is 11.4 Å². The molecule has 3 rings (SSSR count). The molecule has 0 spiro atoms. The monoisotopic (exact) mass is 369 g/mol. The van der Waals surface area contributed by atoms with Gasteiger partial charge in [-0.3, -0.25) is 0 Å². The van der Waals surface area contributed by atoms with Gasteiger partial charge in [-0.05, 0) is 18.2 Å². The molecule has 0 unspecified atom stereocenters. The molecule has 0 bridgehead atoms. The summed E-state index contributed by atoms with van der Waals surface area (Å²) >= 11 is 3.26. The summed E-state index contributed by atoms with van der Waals surface area (Å²) < 4.78 is 6.23. The van der Waals surface area contributed by atoms with Gasteiger partial charge in [0.05, 0.1) is 26.4 Å². The standard InChI is InChI=1S/C11H12N2O.C7H4BrN/c1-12-10-3-2-4-11(9-10)13-5-7-14-8-6-13;1-9-7-4-2-3-6(8)5-7/h2-4,9H,5-8H2;2-5H. The van der Waals surface area contributed by atoms with Crippen molar-refractivity contribution in [2.75, 3.05) is 31.2 Å². The Kier molecular flexibility index (Phi) is 6.62. The lowest BCUT2D eigenvalue weighted by molar-refractivity contribution is 0.122. The Morgan fingerprint density at radius 1 is 0.913 bits per heavy atom. The molecule has 5 heteroatoms. The lowest BCUT2D eigenvalue weighted by Gasteiger charge is -2.29. The van der Waals surface area contributed by atoms with Gasteiger partial charge in [0.15, 0.2) is 11.4 Å². The van der Waals surface area contributed by atoms with Crippen LogP contribution in [0.1, 0.15) is 0 Å². The maximum atomic E-state index is 6.94. The summed E-state index contributed by atoms with van der Waals surface area (Å²) in [5.74, 6) is 0. The zero-order valence-electron chi connectivity index (χ0n) is 12.6. The van der Waals surface area contributed by atoms with Crippen LogP contribution in [0.3, 0.4) is 0 Å². The van der Waals surface area contributed by atoms with Crippen molar-refractivity contribution in [2.45, 2.75) is 0 Å². The number of hydrogen-bond donors (Lipinski definition) is 0. The van der Waals surface area contributed by atoms with E-state index >= 15 is 0 Å². The van der Waals surface area contributed by atoms with Gasteiger partial charge in [0, 0.05) is 23.2 Å². The van der Waals surface area contributed by atoms with Gasteiger partial charge >= 0.3 is 0 Å². The van der Waals surface area contributed by atoms with Gasteiger partial charge in [-0.2, -0.15) is 0 Å². The topological polar surface area (TPSA) is 21.2 Å². The third-order valence-corrected chi connectivity index (χ3v) is 3.77. The van der Waals surface area contributed by atoms with Crippen LogP contribution in [-0.2, 0) is 4.74 Å². The van der Waals surface area contributed by atoms with Crippen LogP contribution in [0, 0.1) is 13.1 Å². The van der Waals surface area contributed by atoms with E-state index in [9.17, 15) is 0 Å². The Morgan fingerprint density at radius 2 is 1.52 bits per heavy atom. The Labute approximate surface area is 145 Å². The predicted octanol–water partition coefficient (Wildman–Crippen LogP) is 5.07. The van der Waals surface area contributed by atoms with Crippen molar-refractivity contribution in [3.63, 3.8) is 0 Å². The molecule has 0 atom stereocenters. The van der Waals surface area contributed by atoms with Gasteiger partial charge in [0.25, 0.3) is 0 Å². The van der Waals surface area contributed by atoms with E-state index in [1.165, 1.54) is 0 Å². The van der Waals surface area contributed by atoms with E-state index in [-0.39, 0.29) is 0 Å². The summed E-state index contributed by atoms with van der Waals surface area (Å²) in [6.07, 6.45) is 0. The van der Waals surface area contributed by atoms with Crippen LogP contribution in [-0.4, -0.2) is 26.3 Å². The number of anilines is 1. The molecule has 0 saturated carbocycles. The van der Waals surface area contributed by atoms with Gasteiger partial charge in [0.1, 0.15) is 0 Å². The lowest BCUT2D eigenvalue weighted by Crippen LogP contribution is -2.36. The average molecular weight is 370 g/mol. The van der Waals surface area contributed by atoms with E-state index in [0.717, 1.165) is 36.5 Å². The fourth-order valence-electron chi connectivity index (χ4n) is 2.13. The van der Waals surface area contributed by atoms with Crippen molar-refractivity contribution in [2.24, 2.45) is 0 Å². The van der Waals surface area contributed by atoms with E-state index < -0.39 is 0 Å². The Bertz CT molecular complexity index is 728. The zero-order chi connectivity index (χ0) is 16.5. The molecule has 23 heavy (non-hydrogen) atoms. The molecule has 1 aliphatic rings. The van der Waals surface area contributed by atoms with E-state index in [1.807, 2.05) is 36.4 Å². The minimum Gasteiger partial charge on any atom is -0.378 e. The molecule has 4 nitrogen and oxygen atoms in total. The van der Waals surface area contributed by atoms with Crippen LogP contribution in [0.15, 0.2) is 53.0 Å². The number of hydrogen-bond acceptors (Lipinski definition) is 2. The molecule has 0 amide bonds. The zero-order valence-corrected chi connectivity index (χ0v) is 14.2. The molecule has 1 fully saturated rings. The molecule has 1 saturated heterocycles. The van der Waals surface area contributed by atoms with Gasteiger partial charge in [-0.15, -0.1) is 0 Å². The van der Waals surface area contributed by atoms with Crippen LogP contribution >= 0.6 is 15.9 Å². The number of halogens is 1. The molecule has 2 aromatic carbocycles. The Balaban J connectivity index is 0.000000185. The van der Waals surface area contributed by atoms with Crippen LogP contribution in [0.4, 0.5) is 17.1 Å². The number of ether oxygens (including phenoxy) is 1. The van der Waals surface area contributed by atoms with Crippen molar-refractivity contribution in [1.82, 2.24) is 0 Å². The van der Waals surface area contributed by atoms with Gasteiger partial charge in [0.2, 0.25) is 0 Å². The van der Waals surface area contributed by atoms with E-state index in [1.54, 1.807) is 12.1 Å². The maximum Gasteiger partial charge on any atom is 0.189 e. The van der Waals surface area contributed by atoms with Crippen molar-refractivity contribution in [3.8, 4) is 0 Å². The first-order valence-electron chi connectivity index (χ1n) is 7.16. The molecule has 0 N–H and O–H groups in total. The summed E-state index contributed by atoms with van der Waals surface area (Å²) in [5, 5.41) is 0. The Morgan fingerprint density at radius 3 is 2.09 bits per heavy atom. The highest BCUT2D eigenvalue weighted by molar-refractivity contribution is 9.10. The largest absolute Gasteiger partial charge is 0.378 e. The minimum absolute atomic E-state index is 0.671. The summed E-state index contributed by atoms with van der Waals surface area (Å²) in [4.78, 5) is 8.92. The van der Waals surface area contributed by atoms with Crippen molar-refractivity contribution in [3.05, 3.63) is 75.8 Å². The quantitative estimate of drug-likeness (QED) is 0.654. The second-order valence-corrected chi connectivity index (χ2v) is 5.74. The second kappa shape index (κ2) is 8.95. The fraction of sp³-hybridized carbons (Fsp3) is 0.222. The van der Waals surface area contributed by atoms with Crippen molar-refractivity contribution >= 4 is 33.0 Å². The molecule has 0 radical (unpaired) electrons. The summed E-state index contributed by atoms with van der Waals surface area (Å²) in [5.41, 5.74) is 2.50. The van der Waals surface area contributed by atoms with Crippen LogP contribution in [0.25, 0.3) is 9.69 Å². The molecule has 0 aliphatic carbocycles. The third-order valence-electron chi connectivity index (χ3n) is 3.27. The number of nitrogens with zero attached hydrogens (tertiary/aromatic N) is 3. The first kappa shape index (κ1) is 17.0. The summed E-state index contributed by atoms with van der Waals surface area (Å²) in [6.45, 7) is 17.0. The number of morpholine rings is 1. The minimum atomic E-state index is 0.671. The molecule has 0 aromatic heterocycles. The highest BCUT2D eigenvalue weighted by atomic mass is 79.9. The molecular formula is C18H16BrN3O. The van der Waals surface area contributed by atoms with E-state index in [4.69, 9.17) is 17.9 Å². The molecular weight excluding hydrogens is 354 g/mol. The average Bonchev–Trinajstić information content (AvgIpc) is 2.63. The first-order valence-corrected chi connectivity index (χ1v) is 7.95. The van der Waals surface area contributed by atoms with Crippen LogP contribution < -0.4 is 4.90 Å². The lowest BCUT2D eigenvalue weighted by atomic mass is 10.2. The van der Waals surface area contributed by atoms with Gasteiger partial charge < -0.3 is 9.64 Å². The smallest absolute Gasteiger partial charge is 0.189 e. The SMILES string of the molecule is [C-]#[N+]c1cccc(Br)c1.[C-]#[N+]c1cccc(N2CCOCC2)c1. The highest BCUT2D eigenvalue weighted by Gasteiger charge is 2.10. The molecule has 1 heterocycles. The van der Waals surface area contributed by atoms with Crippen molar-refractivity contribution < 1.29 is 4.74 Å².